The third-order valence-corrected chi connectivity index (χ3v) is 6.07. The Bertz CT molecular complexity index is 979. The first-order valence-corrected chi connectivity index (χ1v) is 9.84. The summed E-state index contributed by atoms with van der Waals surface area (Å²) in [5.74, 6) is -1.01. The lowest BCUT2D eigenvalue weighted by Gasteiger charge is -2.18. The van der Waals surface area contributed by atoms with Gasteiger partial charge in [-0.15, -0.1) is 0 Å². The van der Waals surface area contributed by atoms with Crippen LogP contribution in [-0.4, -0.2) is 17.1 Å². The van der Waals surface area contributed by atoms with Crippen LogP contribution in [-0.2, 0) is 16.0 Å². The molecule has 2 amide bonds. The van der Waals surface area contributed by atoms with Crippen LogP contribution in [0, 0.1) is 18.3 Å². The Kier molecular flexibility index (Phi) is 5.68. The Labute approximate surface area is 170 Å². The largest absolute Gasteiger partial charge is 0.365 e. The third kappa shape index (κ3) is 3.92. The number of hydrogen-bond acceptors (Lipinski definition) is 4. The molecule has 0 saturated carbocycles. The fourth-order valence-electron chi connectivity index (χ4n) is 2.86. The summed E-state index contributed by atoms with van der Waals surface area (Å²) in [4.78, 5) is 26.3. The second-order valence-electron chi connectivity index (χ2n) is 6.04. The van der Waals surface area contributed by atoms with E-state index in [4.69, 9.17) is 5.73 Å². The molecule has 7 heteroatoms. The lowest BCUT2D eigenvalue weighted by atomic mass is 10.0. The zero-order valence-electron chi connectivity index (χ0n) is 14.5. The number of thioether (sulfide) groups is 1. The molecule has 1 atom stereocenters. The van der Waals surface area contributed by atoms with Crippen molar-refractivity contribution in [2.24, 2.45) is 5.73 Å². The van der Waals surface area contributed by atoms with Gasteiger partial charge in [-0.2, -0.15) is 5.26 Å². The molecule has 1 aliphatic rings. The summed E-state index contributed by atoms with van der Waals surface area (Å²) < 4.78 is 0.864. The molecule has 0 spiro atoms. The number of aryl methyl sites for hydroxylation is 1. The van der Waals surface area contributed by atoms with E-state index in [1.165, 1.54) is 16.7 Å². The van der Waals surface area contributed by atoms with Gasteiger partial charge in [-0.1, -0.05) is 52.0 Å². The van der Waals surface area contributed by atoms with Crippen LogP contribution in [0.4, 0.5) is 5.69 Å². The number of anilines is 1. The number of carbonyl (C=O) groups excluding carboxylic acids is 2. The molecule has 0 bridgehead atoms. The molecular formula is C20H16BrN3O2S. The van der Waals surface area contributed by atoms with Crippen molar-refractivity contribution < 1.29 is 9.59 Å². The lowest BCUT2D eigenvalue weighted by Crippen LogP contribution is -2.31. The third-order valence-electron chi connectivity index (χ3n) is 4.28. The van der Waals surface area contributed by atoms with Gasteiger partial charge in [0, 0.05) is 10.2 Å². The van der Waals surface area contributed by atoms with Crippen molar-refractivity contribution in [2.75, 3.05) is 4.90 Å². The van der Waals surface area contributed by atoms with E-state index in [9.17, 15) is 14.9 Å². The quantitative estimate of drug-likeness (QED) is 0.578. The first kappa shape index (κ1) is 19.2. The molecule has 1 fully saturated rings. The van der Waals surface area contributed by atoms with Crippen molar-refractivity contribution in [3.63, 3.8) is 0 Å². The van der Waals surface area contributed by atoms with Crippen LogP contribution in [0.25, 0.3) is 0 Å². The number of benzene rings is 2. The van der Waals surface area contributed by atoms with E-state index >= 15 is 0 Å². The highest BCUT2D eigenvalue weighted by Gasteiger charge is 2.40. The second-order valence-corrected chi connectivity index (χ2v) is 8.15. The first-order valence-electron chi connectivity index (χ1n) is 8.17. The molecule has 0 aromatic heterocycles. The summed E-state index contributed by atoms with van der Waals surface area (Å²) in [6.45, 7) is 1.99. The number of rotatable bonds is 4. The van der Waals surface area contributed by atoms with E-state index in [0.717, 1.165) is 15.6 Å². The molecule has 27 heavy (non-hydrogen) atoms. The summed E-state index contributed by atoms with van der Waals surface area (Å²) in [5.41, 5.74) is 7.91. The second kappa shape index (κ2) is 7.99. The summed E-state index contributed by atoms with van der Waals surface area (Å²) >= 11 is 4.58. The van der Waals surface area contributed by atoms with Crippen molar-refractivity contribution in [1.29, 1.82) is 5.26 Å². The van der Waals surface area contributed by atoms with Crippen LogP contribution in [0.2, 0.25) is 0 Å². The standard InChI is InChI=1S/C20H16BrN3O2S/c1-12-4-2-3-5-13(12)10-17-19(26)24(15-8-6-14(21)7-9-15)20(27-17)16(11-22)18(23)25/h2-9,17H,10H2,1H3,(H2,23,25). The first-order chi connectivity index (χ1) is 12.9. The Morgan fingerprint density at radius 2 is 1.93 bits per heavy atom. The van der Waals surface area contributed by atoms with Crippen molar-refractivity contribution in [2.45, 2.75) is 18.6 Å². The zero-order valence-corrected chi connectivity index (χ0v) is 16.9. The van der Waals surface area contributed by atoms with Gasteiger partial charge in [-0.25, -0.2) is 0 Å². The van der Waals surface area contributed by atoms with E-state index < -0.39 is 11.2 Å². The topological polar surface area (TPSA) is 87.2 Å². The molecule has 1 saturated heterocycles. The number of nitrogens with zero attached hydrogens (tertiary/aromatic N) is 2. The molecule has 1 heterocycles. The van der Waals surface area contributed by atoms with E-state index in [1.54, 1.807) is 24.3 Å². The Morgan fingerprint density at radius 3 is 2.52 bits per heavy atom. The lowest BCUT2D eigenvalue weighted by molar-refractivity contribution is -0.117. The van der Waals surface area contributed by atoms with Crippen LogP contribution < -0.4 is 10.6 Å². The van der Waals surface area contributed by atoms with Gasteiger partial charge in [-0.05, 0) is 48.7 Å². The van der Waals surface area contributed by atoms with Gasteiger partial charge in [0.15, 0.2) is 0 Å². The van der Waals surface area contributed by atoms with Crippen LogP contribution in [0.5, 0.6) is 0 Å². The summed E-state index contributed by atoms with van der Waals surface area (Å²) in [6.07, 6.45) is 0.504. The van der Waals surface area contributed by atoms with Crippen molar-refractivity contribution >= 4 is 45.2 Å². The number of nitrogens with two attached hydrogens (primary N) is 1. The van der Waals surface area contributed by atoms with Crippen LogP contribution >= 0.6 is 27.7 Å². The number of carbonyl (C=O) groups is 2. The van der Waals surface area contributed by atoms with Gasteiger partial charge >= 0.3 is 0 Å². The highest BCUT2D eigenvalue weighted by Crippen LogP contribution is 2.42. The minimum Gasteiger partial charge on any atom is -0.365 e. The van der Waals surface area contributed by atoms with Crippen LogP contribution in [0.1, 0.15) is 11.1 Å². The van der Waals surface area contributed by atoms with Gasteiger partial charge in [0.25, 0.3) is 5.91 Å². The minimum absolute atomic E-state index is 0.172. The molecule has 1 unspecified atom stereocenters. The predicted molar refractivity (Wildman–Crippen MR) is 110 cm³/mol. The van der Waals surface area contributed by atoms with Gasteiger partial charge < -0.3 is 5.73 Å². The molecule has 0 aliphatic carbocycles. The van der Waals surface area contributed by atoms with E-state index in [0.29, 0.717) is 12.1 Å². The van der Waals surface area contributed by atoms with Crippen molar-refractivity contribution in [3.8, 4) is 6.07 Å². The molecule has 3 rings (SSSR count). The van der Waals surface area contributed by atoms with Crippen LogP contribution in [0.3, 0.4) is 0 Å². The van der Waals surface area contributed by atoms with E-state index in [1.807, 2.05) is 37.3 Å². The minimum atomic E-state index is -0.841. The SMILES string of the molecule is Cc1ccccc1CC1SC(=C(C#N)C(N)=O)N(c2ccc(Br)cc2)C1=O. The number of halogens is 1. The molecule has 5 nitrogen and oxygen atoms in total. The number of primary amides is 1. The summed E-state index contributed by atoms with van der Waals surface area (Å²) in [6, 6.07) is 16.8. The van der Waals surface area contributed by atoms with Crippen molar-refractivity contribution in [1.82, 2.24) is 0 Å². The highest BCUT2D eigenvalue weighted by molar-refractivity contribution is 9.10. The molecule has 2 N–H and O–H groups in total. The maximum atomic E-state index is 13.2. The fourth-order valence-corrected chi connectivity index (χ4v) is 4.43. The van der Waals surface area contributed by atoms with Gasteiger partial charge in [0.2, 0.25) is 5.91 Å². The van der Waals surface area contributed by atoms with Gasteiger partial charge in [-0.3, -0.25) is 14.5 Å². The normalized spacial score (nSPS) is 18.3. The number of amides is 2. The maximum Gasteiger partial charge on any atom is 0.262 e. The Hall–Kier alpha value is -2.56. The average molecular weight is 442 g/mol. The predicted octanol–water partition coefficient (Wildman–Crippen LogP) is 3.67. The highest BCUT2D eigenvalue weighted by atomic mass is 79.9. The summed E-state index contributed by atoms with van der Waals surface area (Å²) in [7, 11) is 0. The van der Waals surface area contributed by atoms with Gasteiger partial charge in [0.05, 0.1) is 5.25 Å². The molecule has 2 aromatic carbocycles. The molecule has 2 aromatic rings. The summed E-state index contributed by atoms with van der Waals surface area (Å²) in [5, 5.41) is 9.25. The fraction of sp³-hybridized carbons (Fsp3) is 0.150. The monoisotopic (exact) mass is 441 g/mol. The molecular weight excluding hydrogens is 426 g/mol. The molecule has 136 valence electrons. The average Bonchev–Trinajstić information content (AvgIpc) is 2.94. The maximum absolute atomic E-state index is 13.2. The van der Waals surface area contributed by atoms with E-state index in [-0.39, 0.29) is 16.5 Å². The molecule has 1 aliphatic heterocycles. The van der Waals surface area contributed by atoms with Gasteiger partial charge in [0.1, 0.15) is 16.7 Å². The van der Waals surface area contributed by atoms with Crippen LogP contribution in [0.15, 0.2) is 63.6 Å². The Balaban J connectivity index is 2.05. The van der Waals surface area contributed by atoms with E-state index in [2.05, 4.69) is 15.9 Å². The number of hydrogen-bond donors (Lipinski definition) is 1. The van der Waals surface area contributed by atoms with Crippen molar-refractivity contribution in [3.05, 3.63) is 74.7 Å². The Morgan fingerprint density at radius 1 is 1.26 bits per heavy atom. The zero-order chi connectivity index (χ0) is 19.6. The smallest absolute Gasteiger partial charge is 0.262 e. The number of nitriles is 1. The molecule has 0 radical (unpaired) electrons.